The number of ether oxygens (including phenoxy) is 1. The standard InChI is InChI=1S/C22H24N2O.C2H2O4/c23-17-22(12-7-15-24-13-5-6-14-24)19-9-2-1-8-18(19)16-25-21-11-4-3-10-20(21)22;3-1(4)2(5)6/h1-4,8-11H,5-7,12-16H2;(H,3,4)(H,5,6). The molecule has 162 valence electrons. The summed E-state index contributed by atoms with van der Waals surface area (Å²) in [6.45, 7) is 4.02. The van der Waals surface area contributed by atoms with E-state index in [9.17, 15) is 5.26 Å². The Balaban J connectivity index is 0.000000401. The minimum Gasteiger partial charge on any atom is -0.489 e. The number of fused-ring (bicyclic) bond motifs is 2. The molecule has 7 nitrogen and oxygen atoms in total. The molecule has 2 heterocycles. The van der Waals surface area contributed by atoms with Crippen molar-refractivity contribution in [2.75, 3.05) is 19.6 Å². The molecule has 0 aliphatic carbocycles. The summed E-state index contributed by atoms with van der Waals surface area (Å²) in [5, 5.41) is 25.1. The van der Waals surface area contributed by atoms with Gasteiger partial charge in [0.15, 0.2) is 0 Å². The lowest BCUT2D eigenvalue weighted by Gasteiger charge is -2.29. The van der Waals surface area contributed by atoms with Crippen molar-refractivity contribution in [1.29, 1.82) is 5.26 Å². The Morgan fingerprint density at radius 3 is 2.26 bits per heavy atom. The Morgan fingerprint density at radius 2 is 1.61 bits per heavy atom. The van der Waals surface area contributed by atoms with Gasteiger partial charge in [-0.15, -0.1) is 0 Å². The molecule has 0 aromatic heterocycles. The first-order chi connectivity index (χ1) is 15.0. The van der Waals surface area contributed by atoms with Gasteiger partial charge >= 0.3 is 11.9 Å². The van der Waals surface area contributed by atoms with Crippen LogP contribution in [0.25, 0.3) is 0 Å². The van der Waals surface area contributed by atoms with Gasteiger partial charge in [0.2, 0.25) is 0 Å². The van der Waals surface area contributed by atoms with Crippen LogP contribution < -0.4 is 4.74 Å². The SMILES string of the molecule is N#CC1(CCCN2CCCC2)c2ccccc2COc2ccccc21.O=C(O)C(=O)O. The summed E-state index contributed by atoms with van der Waals surface area (Å²) >= 11 is 0. The molecule has 1 atom stereocenters. The maximum absolute atomic E-state index is 10.3. The number of nitriles is 1. The Bertz CT molecular complexity index is 916. The fourth-order valence-corrected chi connectivity index (χ4v) is 4.33. The number of rotatable bonds is 4. The first-order valence-electron chi connectivity index (χ1n) is 10.4. The minimum atomic E-state index is -1.82. The first-order valence-corrected chi connectivity index (χ1v) is 10.4. The first kappa shape index (κ1) is 22.3. The third-order valence-corrected chi connectivity index (χ3v) is 5.81. The summed E-state index contributed by atoms with van der Waals surface area (Å²) in [7, 11) is 0. The molecule has 2 aliphatic rings. The van der Waals surface area contributed by atoms with Crippen molar-refractivity contribution in [2.24, 2.45) is 0 Å². The number of likely N-dealkylation sites (tertiary alicyclic amines) is 1. The second-order valence-corrected chi connectivity index (χ2v) is 7.72. The third-order valence-electron chi connectivity index (χ3n) is 5.81. The maximum atomic E-state index is 10.3. The van der Waals surface area contributed by atoms with E-state index >= 15 is 0 Å². The van der Waals surface area contributed by atoms with E-state index < -0.39 is 17.4 Å². The molecule has 0 saturated carbocycles. The quantitative estimate of drug-likeness (QED) is 0.726. The van der Waals surface area contributed by atoms with E-state index in [4.69, 9.17) is 24.5 Å². The number of carboxylic acids is 2. The van der Waals surface area contributed by atoms with Gasteiger partial charge in [0.1, 0.15) is 17.8 Å². The predicted molar refractivity (Wildman–Crippen MR) is 114 cm³/mol. The van der Waals surface area contributed by atoms with Gasteiger partial charge in [0.25, 0.3) is 0 Å². The van der Waals surface area contributed by atoms with Crippen molar-refractivity contribution in [3.8, 4) is 11.8 Å². The highest BCUT2D eigenvalue weighted by Gasteiger charge is 2.40. The summed E-state index contributed by atoms with van der Waals surface area (Å²) in [5.41, 5.74) is 2.64. The van der Waals surface area contributed by atoms with Crippen LogP contribution in [0.2, 0.25) is 0 Å². The molecule has 1 unspecified atom stereocenters. The van der Waals surface area contributed by atoms with Crippen molar-refractivity contribution in [1.82, 2.24) is 4.90 Å². The molecule has 31 heavy (non-hydrogen) atoms. The van der Waals surface area contributed by atoms with Crippen LogP contribution >= 0.6 is 0 Å². The highest BCUT2D eigenvalue weighted by Crippen LogP contribution is 2.44. The number of hydrogen-bond donors (Lipinski definition) is 2. The molecule has 0 radical (unpaired) electrons. The van der Waals surface area contributed by atoms with Crippen LogP contribution in [-0.2, 0) is 21.6 Å². The average Bonchev–Trinajstić information content (AvgIpc) is 3.25. The second-order valence-electron chi connectivity index (χ2n) is 7.72. The molecule has 1 fully saturated rings. The summed E-state index contributed by atoms with van der Waals surface area (Å²) < 4.78 is 6.05. The number of carbonyl (C=O) groups is 2. The second kappa shape index (κ2) is 10.1. The van der Waals surface area contributed by atoms with Gasteiger partial charge in [-0.1, -0.05) is 42.5 Å². The number of nitrogens with zero attached hydrogens (tertiary/aromatic N) is 2. The topological polar surface area (TPSA) is 111 Å². The van der Waals surface area contributed by atoms with E-state index in [1.54, 1.807) is 0 Å². The molecule has 4 rings (SSSR count). The lowest BCUT2D eigenvalue weighted by atomic mass is 9.71. The van der Waals surface area contributed by atoms with Crippen molar-refractivity contribution < 1.29 is 24.5 Å². The number of hydrogen-bond acceptors (Lipinski definition) is 5. The Morgan fingerprint density at radius 1 is 1.00 bits per heavy atom. The molecular weight excluding hydrogens is 396 g/mol. The van der Waals surface area contributed by atoms with Crippen LogP contribution in [0.4, 0.5) is 0 Å². The normalized spacial score (nSPS) is 19.5. The maximum Gasteiger partial charge on any atom is 0.414 e. The molecule has 2 aromatic rings. The van der Waals surface area contributed by atoms with Gasteiger partial charge in [-0.05, 0) is 62.5 Å². The zero-order chi connectivity index (χ0) is 22.3. The summed E-state index contributed by atoms with van der Waals surface area (Å²) in [5.74, 6) is -2.80. The van der Waals surface area contributed by atoms with Crippen LogP contribution in [0.15, 0.2) is 48.5 Å². The molecule has 0 amide bonds. The number of para-hydroxylation sites is 1. The Hall–Kier alpha value is -3.37. The molecule has 0 spiro atoms. The third kappa shape index (κ3) is 5.04. The number of aliphatic carboxylic acids is 2. The average molecular weight is 422 g/mol. The van der Waals surface area contributed by atoms with Crippen molar-refractivity contribution >= 4 is 11.9 Å². The highest BCUT2D eigenvalue weighted by molar-refractivity contribution is 6.27. The van der Waals surface area contributed by atoms with Gasteiger partial charge in [0, 0.05) is 5.56 Å². The highest BCUT2D eigenvalue weighted by atomic mass is 16.5. The molecule has 7 heteroatoms. The summed E-state index contributed by atoms with van der Waals surface area (Å²) in [6.07, 6.45) is 4.47. The van der Waals surface area contributed by atoms with E-state index in [0.717, 1.165) is 41.8 Å². The van der Waals surface area contributed by atoms with Crippen LogP contribution in [-0.4, -0.2) is 46.7 Å². The van der Waals surface area contributed by atoms with E-state index in [1.807, 2.05) is 30.3 Å². The van der Waals surface area contributed by atoms with E-state index in [-0.39, 0.29) is 0 Å². The van der Waals surface area contributed by atoms with Gasteiger partial charge in [-0.2, -0.15) is 5.26 Å². The predicted octanol–water partition coefficient (Wildman–Crippen LogP) is 3.42. The van der Waals surface area contributed by atoms with Gasteiger partial charge < -0.3 is 19.8 Å². The fraction of sp³-hybridized carbons (Fsp3) is 0.375. The molecule has 2 N–H and O–H groups in total. The van der Waals surface area contributed by atoms with Gasteiger partial charge in [-0.3, -0.25) is 0 Å². The van der Waals surface area contributed by atoms with Crippen LogP contribution in [0.5, 0.6) is 5.75 Å². The largest absolute Gasteiger partial charge is 0.489 e. The molecule has 1 saturated heterocycles. The van der Waals surface area contributed by atoms with Crippen molar-refractivity contribution in [3.05, 3.63) is 65.2 Å². The fourth-order valence-electron chi connectivity index (χ4n) is 4.33. The van der Waals surface area contributed by atoms with Crippen LogP contribution in [0.3, 0.4) is 0 Å². The molecule has 2 aliphatic heterocycles. The molecule has 0 bridgehead atoms. The van der Waals surface area contributed by atoms with Crippen LogP contribution in [0, 0.1) is 11.3 Å². The Labute approximate surface area is 181 Å². The zero-order valence-corrected chi connectivity index (χ0v) is 17.3. The monoisotopic (exact) mass is 422 g/mol. The Kier molecular flexibility index (Phi) is 7.27. The zero-order valence-electron chi connectivity index (χ0n) is 17.3. The minimum absolute atomic E-state index is 0.530. The number of benzene rings is 2. The van der Waals surface area contributed by atoms with E-state index in [2.05, 4.69) is 29.2 Å². The van der Waals surface area contributed by atoms with Crippen molar-refractivity contribution in [3.63, 3.8) is 0 Å². The van der Waals surface area contributed by atoms with E-state index in [1.165, 1.54) is 25.9 Å². The van der Waals surface area contributed by atoms with Gasteiger partial charge in [0.05, 0.1) is 6.07 Å². The summed E-state index contributed by atoms with van der Waals surface area (Å²) in [4.78, 5) is 20.7. The lowest BCUT2D eigenvalue weighted by Crippen LogP contribution is -2.29. The summed E-state index contributed by atoms with van der Waals surface area (Å²) in [6, 6.07) is 19.0. The van der Waals surface area contributed by atoms with Gasteiger partial charge in [-0.25, -0.2) is 9.59 Å². The van der Waals surface area contributed by atoms with E-state index in [0.29, 0.717) is 6.61 Å². The van der Waals surface area contributed by atoms with Crippen molar-refractivity contribution in [2.45, 2.75) is 37.7 Å². The number of carboxylic acid groups (broad SMARTS) is 2. The molecular formula is C24H26N2O5. The van der Waals surface area contributed by atoms with Crippen LogP contribution in [0.1, 0.15) is 42.4 Å². The molecule has 2 aromatic carbocycles. The lowest BCUT2D eigenvalue weighted by molar-refractivity contribution is -0.159. The smallest absolute Gasteiger partial charge is 0.414 e.